The highest BCUT2D eigenvalue weighted by molar-refractivity contribution is 5.47. The molecule has 0 aromatic heterocycles. The van der Waals surface area contributed by atoms with Crippen LogP contribution in [0.1, 0.15) is 12.0 Å². The van der Waals surface area contributed by atoms with Gasteiger partial charge in [0.05, 0.1) is 18.9 Å². The summed E-state index contributed by atoms with van der Waals surface area (Å²) in [5, 5.41) is 3.06. The first-order valence-corrected chi connectivity index (χ1v) is 5.81. The van der Waals surface area contributed by atoms with Gasteiger partial charge in [-0.3, -0.25) is 0 Å². The Labute approximate surface area is 102 Å². The topological polar surface area (TPSA) is 30.5 Å². The van der Waals surface area contributed by atoms with Crippen molar-refractivity contribution < 1.29 is 13.9 Å². The molecule has 0 radical (unpaired) electrons. The van der Waals surface area contributed by atoms with Gasteiger partial charge in [0.1, 0.15) is 5.82 Å². The zero-order chi connectivity index (χ0) is 12.5. The van der Waals surface area contributed by atoms with Crippen molar-refractivity contribution in [3.8, 4) is 0 Å². The summed E-state index contributed by atoms with van der Waals surface area (Å²) in [4.78, 5) is 0. The van der Waals surface area contributed by atoms with Crippen LogP contribution in [0.15, 0.2) is 18.2 Å². The van der Waals surface area contributed by atoms with Gasteiger partial charge in [-0.05, 0) is 25.0 Å². The number of ether oxygens (including phenoxy) is 2. The fraction of sp³-hybridized carbons (Fsp3) is 0.538. The molecule has 17 heavy (non-hydrogen) atoms. The summed E-state index contributed by atoms with van der Waals surface area (Å²) in [5.41, 5.74) is 1.22. The van der Waals surface area contributed by atoms with Crippen molar-refractivity contribution in [2.24, 2.45) is 0 Å². The number of anilines is 1. The summed E-state index contributed by atoms with van der Waals surface area (Å²) in [6, 6.07) is 5.35. The maximum absolute atomic E-state index is 13.6. The highest BCUT2D eigenvalue weighted by Gasteiger charge is 2.02. The molecule has 1 aromatic rings. The van der Waals surface area contributed by atoms with Crippen LogP contribution in [0.25, 0.3) is 0 Å². The second-order valence-electron chi connectivity index (χ2n) is 3.82. The van der Waals surface area contributed by atoms with E-state index in [1.165, 1.54) is 0 Å². The minimum Gasteiger partial charge on any atom is -0.383 e. The quantitative estimate of drug-likeness (QED) is 0.710. The summed E-state index contributed by atoms with van der Waals surface area (Å²) < 4.78 is 23.7. The average molecular weight is 241 g/mol. The summed E-state index contributed by atoms with van der Waals surface area (Å²) in [6.45, 7) is 4.33. The number of methoxy groups -OCH3 is 1. The molecule has 0 spiro atoms. The fourth-order valence-electron chi connectivity index (χ4n) is 1.43. The Morgan fingerprint density at radius 3 is 2.82 bits per heavy atom. The molecule has 1 aromatic carbocycles. The zero-order valence-corrected chi connectivity index (χ0v) is 10.5. The normalized spacial score (nSPS) is 10.5. The number of halogens is 1. The predicted octanol–water partition coefficient (Wildman–Crippen LogP) is 2.60. The maximum atomic E-state index is 13.6. The molecular weight excluding hydrogens is 221 g/mol. The number of hydrogen-bond acceptors (Lipinski definition) is 3. The molecule has 3 nitrogen and oxygen atoms in total. The number of rotatable bonds is 8. The van der Waals surface area contributed by atoms with E-state index in [0.717, 1.165) is 6.42 Å². The molecule has 0 aliphatic rings. The van der Waals surface area contributed by atoms with Crippen LogP contribution in [0.4, 0.5) is 10.1 Å². The Kier molecular flexibility index (Phi) is 6.58. The maximum Gasteiger partial charge on any atom is 0.149 e. The molecule has 0 saturated carbocycles. The van der Waals surface area contributed by atoms with Crippen LogP contribution in [0.5, 0.6) is 0 Å². The molecule has 0 heterocycles. The largest absolute Gasteiger partial charge is 0.383 e. The molecule has 0 bridgehead atoms. The summed E-state index contributed by atoms with van der Waals surface area (Å²) in [5.74, 6) is -0.173. The van der Waals surface area contributed by atoms with E-state index < -0.39 is 0 Å². The highest BCUT2D eigenvalue weighted by Crippen LogP contribution is 2.16. The lowest BCUT2D eigenvalue weighted by atomic mass is 10.2. The number of hydrogen-bond donors (Lipinski definition) is 1. The molecule has 1 N–H and O–H groups in total. The van der Waals surface area contributed by atoms with Crippen LogP contribution in [0.3, 0.4) is 0 Å². The lowest BCUT2D eigenvalue weighted by Crippen LogP contribution is -2.09. The lowest BCUT2D eigenvalue weighted by molar-refractivity contribution is 0.0705. The molecule has 96 valence electrons. The summed E-state index contributed by atoms with van der Waals surface area (Å²) in [6.07, 6.45) is 0.844. The Hall–Kier alpha value is -1.13. The van der Waals surface area contributed by atoms with Crippen molar-refractivity contribution >= 4 is 5.69 Å². The van der Waals surface area contributed by atoms with E-state index in [0.29, 0.717) is 37.6 Å². The SMILES string of the molecule is COCCOCCCNc1cccc(C)c1F. The van der Waals surface area contributed by atoms with E-state index in [1.807, 2.05) is 6.07 Å². The Balaban J connectivity index is 2.16. The van der Waals surface area contributed by atoms with Crippen LogP contribution in [-0.2, 0) is 9.47 Å². The summed E-state index contributed by atoms with van der Waals surface area (Å²) >= 11 is 0. The van der Waals surface area contributed by atoms with Crippen molar-refractivity contribution in [2.75, 3.05) is 38.8 Å². The number of nitrogens with one attached hydrogen (secondary N) is 1. The molecule has 0 amide bonds. The molecule has 0 unspecified atom stereocenters. The summed E-state index contributed by atoms with van der Waals surface area (Å²) in [7, 11) is 1.64. The molecule has 0 aliphatic carbocycles. The second kappa shape index (κ2) is 8.03. The Morgan fingerprint density at radius 2 is 2.06 bits per heavy atom. The minimum atomic E-state index is -0.173. The van der Waals surface area contributed by atoms with Gasteiger partial charge in [-0.15, -0.1) is 0 Å². The third-order valence-electron chi connectivity index (χ3n) is 2.40. The van der Waals surface area contributed by atoms with Gasteiger partial charge in [0, 0.05) is 20.3 Å². The van der Waals surface area contributed by atoms with Crippen molar-refractivity contribution in [1.82, 2.24) is 0 Å². The highest BCUT2D eigenvalue weighted by atomic mass is 19.1. The van der Waals surface area contributed by atoms with Crippen molar-refractivity contribution in [3.63, 3.8) is 0 Å². The van der Waals surface area contributed by atoms with Crippen LogP contribution >= 0.6 is 0 Å². The van der Waals surface area contributed by atoms with Crippen molar-refractivity contribution in [2.45, 2.75) is 13.3 Å². The zero-order valence-electron chi connectivity index (χ0n) is 10.5. The van der Waals surface area contributed by atoms with Crippen LogP contribution < -0.4 is 5.32 Å². The molecule has 0 fully saturated rings. The van der Waals surface area contributed by atoms with Gasteiger partial charge in [-0.1, -0.05) is 12.1 Å². The number of aryl methyl sites for hydroxylation is 1. The third kappa shape index (κ3) is 5.15. The van der Waals surface area contributed by atoms with Crippen LogP contribution in [0.2, 0.25) is 0 Å². The van der Waals surface area contributed by atoms with E-state index in [9.17, 15) is 4.39 Å². The molecule has 0 saturated heterocycles. The monoisotopic (exact) mass is 241 g/mol. The van der Waals surface area contributed by atoms with Gasteiger partial charge in [0.2, 0.25) is 0 Å². The van der Waals surface area contributed by atoms with Gasteiger partial charge >= 0.3 is 0 Å². The van der Waals surface area contributed by atoms with Gasteiger partial charge in [-0.2, -0.15) is 0 Å². The van der Waals surface area contributed by atoms with Gasteiger partial charge < -0.3 is 14.8 Å². The Morgan fingerprint density at radius 1 is 1.24 bits per heavy atom. The first-order chi connectivity index (χ1) is 8.25. The van der Waals surface area contributed by atoms with E-state index >= 15 is 0 Å². The fourth-order valence-corrected chi connectivity index (χ4v) is 1.43. The number of benzene rings is 1. The molecule has 0 aliphatic heterocycles. The third-order valence-corrected chi connectivity index (χ3v) is 2.40. The first-order valence-electron chi connectivity index (χ1n) is 5.81. The smallest absolute Gasteiger partial charge is 0.149 e. The van der Waals surface area contributed by atoms with E-state index in [1.54, 1.807) is 26.2 Å². The van der Waals surface area contributed by atoms with Crippen molar-refractivity contribution in [1.29, 1.82) is 0 Å². The molecule has 4 heteroatoms. The van der Waals surface area contributed by atoms with Crippen LogP contribution in [0, 0.1) is 12.7 Å². The molecular formula is C13H20FNO2. The van der Waals surface area contributed by atoms with E-state index in [2.05, 4.69) is 5.32 Å². The first kappa shape index (κ1) is 13.9. The van der Waals surface area contributed by atoms with E-state index in [-0.39, 0.29) is 5.82 Å². The molecule has 0 atom stereocenters. The lowest BCUT2D eigenvalue weighted by Gasteiger charge is -2.09. The van der Waals surface area contributed by atoms with Gasteiger partial charge in [0.25, 0.3) is 0 Å². The van der Waals surface area contributed by atoms with Crippen molar-refractivity contribution in [3.05, 3.63) is 29.6 Å². The van der Waals surface area contributed by atoms with Crippen LogP contribution in [-0.4, -0.2) is 33.5 Å². The van der Waals surface area contributed by atoms with Gasteiger partial charge in [0.15, 0.2) is 0 Å². The second-order valence-corrected chi connectivity index (χ2v) is 3.82. The predicted molar refractivity (Wildman–Crippen MR) is 66.9 cm³/mol. The molecule has 1 rings (SSSR count). The Bertz CT molecular complexity index is 331. The van der Waals surface area contributed by atoms with E-state index in [4.69, 9.17) is 9.47 Å². The average Bonchev–Trinajstić information content (AvgIpc) is 2.33. The van der Waals surface area contributed by atoms with Gasteiger partial charge in [-0.25, -0.2) is 4.39 Å². The minimum absolute atomic E-state index is 0.173. The standard InChI is InChI=1S/C13H20FNO2/c1-11-5-3-6-12(13(11)14)15-7-4-8-17-10-9-16-2/h3,5-6,15H,4,7-10H2,1-2H3.